The molecular formula is C18H25N3O4. The average Bonchev–Trinajstić information content (AvgIpc) is 2.53. The number of benzene rings is 1. The van der Waals surface area contributed by atoms with Crippen LogP contribution in [0.2, 0.25) is 0 Å². The van der Waals surface area contributed by atoms with Crippen LogP contribution in [0.3, 0.4) is 0 Å². The Hall–Kier alpha value is -2.57. The number of nitrogens with zero attached hydrogens (tertiary/aromatic N) is 1. The number of anilines is 1. The van der Waals surface area contributed by atoms with Gasteiger partial charge in [-0.2, -0.15) is 0 Å². The Balaban J connectivity index is 2.02. The summed E-state index contributed by atoms with van der Waals surface area (Å²) >= 11 is 0. The molecule has 0 saturated carbocycles. The van der Waals surface area contributed by atoms with E-state index in [0.717, 1.165) is 0 Å². The molecule has 0 bridgehead atoms. The van der Waals surface area contributed by atoms with Gasteiger partial charge in [0.25, 0.3) is 5.91 Å². The van der Waals surface area contributed by atoms with Crippen LogP contribution in [0.15, 0.2) is 24.3 Å². The average molecular weight is 347 g/mol. The van der Waals surface area contributed by atoms with Gasteiger partial charge < -0.3 is 20.6 Å². The van der Waals surface area contributed by atoms with Gasteiger partial charge in [-0.15, -0.1) is 0 Å². The predicted octanol–water partition coefficient (Wildman–Crippen LogP) is 2.54. The van der Waals surface area contributed by atoms with Crippen molar-refractivity contribution in [3.05, 3.63) is 29.8 Å². The molecule has 3 amide bonds. The third-order valence-electron chi connectivity index (χ3n) is 3.92. The molecule has 25 heavy (non-hydrogen) atoms. The minimum Gasteiger partial charge on any atom is -0.481 e. The zero-order valence-corrected chi connectivity index (χ0v) is 14.8. The van der Waals surface area contributed by atoms with E-state index in [0.29, 0.717) is 30.6 Å². The van der Waals surface area contributed by atoms with Crippen molar-refractivity contribution in [2.24, 2.45) is 5.92 Å². The quantitative estimate of drug-likeness (QED) is 0.782. The Morgan fingerprint density at radius 1 is 1.24 bits per heavy atom. The number of urea groups is 1. The lowest BCUT2D eigenvalue weighted by molar-refractivity contribution is -0.143. The number of rotatable bonds is 3. The van der Waals surface area contributed by atoms with E-state index in [1.54, 1.807) is 24.3 Å². The number of likely N-dealkylation sites (tertiary alicyclic amines) is 1. The fourth-order valence-electron chi connectivity index (χ4n) is 2.72. The van der Waals surface area contributed by atoms with Gasteiger partial charge in [0.1, 0.15) is 0 Å². The van der Waals surface area contributed by atoms with Crippen LogP contribution in [0, 0.1) is 5.92 Å². The minimum atomic E-state index is -0.877. The van der Waals surface area contributed by atoms with Gasteiger partial charge in [0.05, 0.1) is 5.92 Å². The second-order valence-corrected chi connectivity index (χ2v) is 7.34. The first-order chi connectivity index (χ1) is 11.7. The van der Waals surface area contributed by atoms with Gasteiger partial charge in [-0.05, 0) is 51.8 Å². The normalized spacial score (nSPS) is 17.7. The van der Waals surface area contributed by atoms with Gasteiger partial charge in [0, 0.05) is 29.9 Å². The maximum atomic E-state index is 12.4. The lowest BCUT2D eigenvalue weighted by Gasteiger charge is -2.30. The second kappa shape index (κ2) is 7.55. The molecule has 1 saturated heterocycles. The summed E-state index contributed by atoms with van der Waals surface area (Å²) in [5, 5.41) is 14.7. The standard InChI is InChI=1S/C18H25N3O4/c1-18(2,3)20-15(22)12-6-4-8-14(10-12)19-17(25)21-9-5-7-13(11-21)16(23)24/h4,6,8,10,13H,5,7,9,11H2,1-3H3,(H,19,25)(H,20,22)(H,23,24). The zero-order chi connectivity index (χ0) is 18.6. The third-order valence-corrected chi connectivity index (χ3v) is 3.92. The zero-order valence-electron chi connectivity index (χ0n) is 14.8. The third kappa shape index (κ3) is 5.48. The van der Waals surface area contributed by atoms with E-state index in [1.165, 1.54) is 4.90 Å². The van der Waals surface area contributed by atoms with Gasteiger partial charge in [-0.1, -0.05) is 6.07 Å². The van der Waals surface area contributed by atoms with Crippen molar-refractivity contribution in [2.75, 3.05) is 18.4 Å². The number of aliphatic carboxylic acids is 1. The Morgan fingerprint density at radius 2 is 1.96 bits per heavy atom. The van der Waals surface area contributed by atoms with Crippen LogP contribution in [-0.2, 0) is 4.79 Å². The summed E-state index contributed by atoms with van der Waals surface area (Å²) in [6.07, 6.45) is 1.25. The molecular weight excluding hydrogens is 322 g/mol. The van der Waals surface area contributed by atoms with Gasteiger partial charge in [0.2, 0.25) is 0 Å². The molecule has 1 aliphatic heterocycles. The molecule has 0 radical (unpaired) electrons. The number of hydrogen-bond acceptors (Lipinski definition) is 3. The number of nitrogens with one attached hydrogen (secondary N) is 2. The summed E-state index contributed by atoms with van der Waals surface area (Å²) in [4.78, 5) is 37.2. The molecule has 1 atom stereocenters. The Morgan fingerprint density at radius 3 is 2.60 bits per heavy atom. The van der Waals surface area contributed by atoms with Crippen molar-refractivity contribution in [2.45, 2.75) is 39.2 Å². The van der Waals surface area contributed by atoms with Crippen LogP contribution in [0.1, 0.15) is 44.0 Å². The summed E-state index contributed by atoms with van der Waals surface area (Å²) < 4.78 is 0. The molecule has 7 heteroatoms. The number of amides is 3. The molecule has 1 unspecified atom stereocenters. The van der Waals surface area contributed by atoms with Crippen LogP contribution in [-0.4, -0.2) is 46.5 Å². The van der Waals surface area contributed by atoms with E-state index in [1.807, 2.05) is 20.8 Å². The topological polar surface area (TPSA) is 98.7 Å². The molecule has 1 fully saturated rings. The number of carboxylic acid groups (broad SMARTS) is 1. The monoisotopic (exact) mass is 347 g/mol. The van der Waals surface area contributed by atoms with Crippen LogP contribution < -0.4 is 10.6 Å². The molecule has 0 aliphatic carbocycles. The Bertz CT molecular complexity index is 667. The van der Waals surface area contributed by atoms with Crippen molar-refractivity contribution in [3.63, 3.8) is 0 Å². The van der Waals surface area contributed by atoms with Crippen molar-refractivity contribution >= 4 is 23.6 Å². The van der Waals surface area contributed by atoms with Crippen LogP contribution in [0.5, 0.6) is 0 Å². The van der Waals surface area contributed by atoms with Crippen LogP contribution in [0.4, 0.5) is 10.5 Å². The van der Waals surface area contributed by atoms with Gasteiger partial charge >= 0.3 is 12.0 Å². The molecule has 136 valence electrons. The molecule has 0 spiro atoms. The molecule has 1 aromatic rings. The van der Waals surface area contributed by atoms with Crippen molar-refractivity contribution < 1.29 is 19.5 Å². The molecule has 2 rings (SSSR count). The van der Waals surface area contributed by atoms with Crippen molar-refractivity contribution in [1.82, 2.24) is 10.2 Å². The van der Waals surface area contributed by atoms with Crippen LogP contribution >= 0.6 is 0 Å². The largest absolute Gasteiger partial charge is 0.481 e. The van der Waals surface area contributed by atoms with E-state index in [9.17, 15) is 14.4 Å². The number of carboxylic acids is 1. The second-order valence-electron chi connectivity index (χ2n) is 7.34. The van der Waals surface area contributed by atoms with Gasteiger partial charge in [-0.25, -0.2) is 4.79 Å². The summed E-state index contributed by atoms with van der Waals surface area (Å²) in [5.41, 5.74) is 0.606. The first-order valence-electron chi connectivity index (χ1n) is 8.37. The summed E-state index contributed by atoms with van der Waals surface area (Å²) in [7, 11) is 0. The predicted molar refractivity (Wildman–Crippen MR) is 94.6 cm³/mol. The van der Waals surface area contributed by atoms with E-state index in [4.69, 9.17) is 5.11 Å². The molecule has 1 aromatic carbocycles. The highest BCUT2D eigenvalue weighted by molar-refractivity contribution is 5.97. The van der Waals surface area contributed by atoms with Crippen molar-refractivity contribution in [1.29, 1.82) is 0 Å². The maximum absolute atomic E-state index is 12.4. The number of carbonyl (C=O) groups excluding carboxylic acids is 2. The van der Waals surface area contributed by atoms with Crippen molar-refractivity contribution in [3.8, 4) is 0 Å². The minimum absolute atomic E-state index is 0.200. The summed E-state index contributed by atoms with van der Waals surface area (Å²) in [6, 6.07) is 6.34. The molecule has 0 aromatic heterocycles. The number of hydrogen-bond donors (Lipinski definition) is 3. The van der Waals surface area contributed by atoms with E-state index >= 15 is 0 Å². The molecule has 1 aliphatic rings. The highest BCUT2D eigenvalue weighted by Gasteiger charge is 2.28. The Labute approximate surface area is 147 Å². The smallest absolute Gasteiger partial charge is 0.321 e. The maximum Gasteiger partial charge on any atom is 0.321 e. The Kier molecular flexibility index (Phi) is 5.66. The first kappa shape index (κ1) is 18.8. The summed E-state index contributed by atoms with van der Waals surface area (Å²) in [5.74, 6) is -1.62. The summed E-state index contributed by atoms with van der Waals surface area (Å²) in [6.45, 7) is 6.41. The van der Waals surface area contributed by atoms with E-state index in [-0.39, 0.29) is 24.0 Å². The van der Waals surface area contributed by atoms with E-state index in [2.05, 4.69) is 10.6 Å². The molecule has 1 heterocycles. The highest BCUT2D eigenvalue weighted by atomic mass is 16.4. The molecule has 7 nitrogen and oxygen atoms in total. The fourth-order valence-corrected chi connectivity index (χ4v) is 2.72. The lowest BCUT2D eigenvalue weighted by Crippen LogP contribution is -2.44. The number of carbonyl (C=O) groups is 3. The SMILES string of the molecule is CC(C)(C)NC(=O)c1cccc(NC(=O)N2CCCC(C(=O)O)C2)c1. The molecule has 3 N–H and O–H groups in total. The highest BCUT2D eigenvalue weighted by Crippen LogP contribution is 2.18. The van der Waals surface area contributed by atoms with Gasteiger partial charge in [-0.3, -0.25) is 9.59 Å². The first-order valence-corrected chi connectivity index (χ1v) is 8.37. The van der Waals surface area contributed by atoms with E-state index < -0.39 is 11.9 Å². The van der Waals surface area contributed by atoms with Crippen LogP contribution in [0.25, 0.3) is 0 Å². The number of piperidine rings is 1. The fraction of sp³-hybridized carbons (Fsp3) is 0.500. The van der Waals surface area contributed by atoms with Gasteiger partial charge in [0.15, 0.2) is 0 Å². The lowest BCUT2D eigenvalue weighted by atomic mass is 9.99.